The Morgan fingerprint density at radius 1 is 1.03 bits per heavy atom. The number of aromatic nitrogens is 1. The van der Waals surface area contributed by atoms with Crippen molar-refractivity contribution in [2.45, 2.75) is 12.8 Å². The van der Waals surface area contributed by atoms with Crippen LogP contribution in [0.4, 0.5) is 18.3 Å². The summed E-state index contributed by atoms with van der Waals surface area (Å²) in [5.41, 5.74) is 2.12. The molecule has 2 aliphatic rings. The molecule has 0 radical (unpaired) electrons. The maximum absolute atomic E-state index is 12.9. The van der Waals surface area contributed by atoms with Gasteiger partial charge in [0, 0.05) is 0 Å². The lowest BCUT2D eigenvalue weighted by molar-refractivity contribution is -0.274. The number of allylic oxidation sites excluding steroid dienone is 2. The van der Waals surface area contributed by atoms with E-state index < -0.39 is 24.2 Å². The Morgan fingerprint density at radius 3 is 2.36 bits per heavy atom. The second-order valence-electron chi connectivity index (χ2n) is 8.10. The van der Waals surface area contributed by atoms with Crippen LogP contribution in [0.5, 0.6) is 5.75 Å². The maximum atomic E-state index is 12.9. The Hall–Kier alpha value is -3.40. The van der Waals surface area contributed by atoms with E-state index in [0.717, 1.165) is 10.3 Å². The lowest BCUT2D eigenvalue weighted by Crippen LogP contribution is -2.36. The molecule has 5 rings (SSSR count). The van der Waals surface area contributed by atoms with E-state index in [2.05, 4.69) is 15.0 Å². The number of carboxylic acids is 1. The zero-order valence-electron chi connectivity index (χ0n) is 16.9. The second kappa shape index (κ2) is 7.87. The lowest BCUT2D eigenvalue weighted by atomic mass is 9.82. The molecular formula is C23H17F3N2O4S. The number of hydrogen-bond acceptors (Lipinski definition) is 5. The molecule has 0 saturated heterocycles. The van der Waals surface area contributed by atoms with Crippen molar-refractivity contribution in [1.29, 1.82) is 0 Å². The number of amides is 1. The number of halogens is 3. The van der Waals surface area contributed by atoms with Crippen molar-refractivity contribution in [2.24, 2.45) is 23.7 Å². The minimum absolute atomic E-state index is 0.0821. The van der Waals surface area contributed by atoms with Crippen LogP contribution in [0.25, 0.3) is 21.3 Å². The topological polar surface area (TPSA) is 88.5 Å². The van der Waals surface area contributed by atoms with Crippen LogP contribution in [-0.2, 0) is 9.59 Å². The van der Waals surface area contributed by atoms with Crippen molar-refractivity contribution in [3.05, 3.63) is 54.6 Å². The van der Waals surface area contributed by atoms with Crippen LogP contribution >= 0.6 is 11.3 Å². The molecule has 2 aliphatic carbocycles. The predicted octanol–water partition coefficient (Wildman–Crippen LogP) is 5.32. The molecule has 2 N–H and O–H groups in total. The second-order valence-corrected chi connectivity index (χ2v) is 9.13. The molecule has 33 heavy (non-hydrogen) atoms. The highest BCUT2D eigenvalue weighted by molar-refractivity contribution is 7.22. The molecular weight excluding hydrogens is 457 g/mol. The summed E-state index contributed by atoms with van der Waals surface area (Å²) in [7, 11) is 0. The number of benzene rings is 2. The number of carbonyl (C=O) groups excluding carboxylic acids is 1. The number of carbonyl (C=O) groups is 2. The molecule has 4 atom stereocenters. The molecule has 6 nitrogen and oxygen atoms in total. The average Bonchev–Trinajstić information content (AvgIpc) is 3.46. The van der Waals surface area contributed by atoms with Crippen molar-refractivity contribution in [1.82, 2.24) is 4.98 Å². The fraction of sp³-hybridized carbons (Fsp3) is 0.261. The third-order valence-corrected chi connectivity index (χ3v) is 7.02. The predicted molar refractivity (Wildman–Crippen MR) is 116 cm³/mol. The lowest BCUT2D eigenvalue weighted by Gasteiger charge is -2.23. The molecule has 170 valence electrons. The van der Waals surface area contributed by atoms with Gasteiger partial charge in [0.25, 0.3) is 0 Å². The van der Waals surface area contributed by atoms with Gasteiger partial charge in [-0.05, 0) is 53.6 Å². The van der Waals surface area contributed by atoms with E-state index in [-0.39, 0.29) is 23.5 Å². The van der Waals surface area contributed by atoms with Gasteiger partial charge in [-0.15, -0.1) is 13.2 Å². The first-order valence-electron chi connectivity index (χ1n) is 10.2. The highest BCUT2D eigenvalue weighted by Gasteiger charge is 2.51. The van der Waals surface area contributed by atoms with Gasteiger partial charge in [0.2, 0.25) is 5.91 Å². The van der Waals surface area contributed by atoms with Gasteiger partial charge in [-0.2, -0.15) is 0 Å². The third-order valence-electron chi connectivity index (χ3n) is 6.09. The van der Waals surface area contributed by atoms with Crippen LogP contribution < -0.4 is 10.1 Å². The van der Waals surface area contributed by atoms with E-state index in [1.165, 1.54) is 35.6 Å². The van der Waals surface area contributed by atoms with E-state index >= 15 is 0 Å². The first-order chi connectivity index (χ1) is 15.7. The first-order valence-corrected chi connectivity index (χ1v) is 11.0. The molecule has 2 unspecified atom stereocenters. The standard InChI is InChI=1S/C23H17F3N2O4S/c24-23(25,26)32-15-6-3-11(4-7-15)12-5-8-16-17(10-12)33-22(27-16)28-20(29)18-13-1-2-14(9-13)19(18)21(30)31/h1-8,10,13-14,18-19H,9H2,(H,30,31)(H,27,28,29)/t13?,14?,18-,19+/m1/s1. The van der Waals surface area contributed by atoms with Gasteiger partial charge in [0.05, 0.1) is 22.1 Å². The number of hydrogen-bond donors (Lipinski definition) is 2. The molecule has 2 aromatic carbocycles. The SMILES string of the molecule is O=C(Nc1nc2ccc(-c3ccc(OC(F)(F)F)cc3)cc2s1)[C@@H]1C2C=CC(C2)[C@@H]1C(=O)O. The largest absolute Gasteiger partial charge is 0.573 e. The number of ether oxygens (including phenoxy) is 1. The first kappa shape index (κ1) is 21.4. The molecule has 1 aromatic heterocycles. The molecule has 0 aliphatic heterocycles. The fourth-order valence-corrected chi connectivity index (χ4v) is 5.62. The molecule has 1 saturated carbocycles. The van der Waals surface area contributed by atoms with Gasteiger partial charge >= 0.3 is 12.3 Å². The number of aliphatic carboxylic acids is 1. The number of thiazole rings is 1. The fourth-order valence-electron chi connectivity index (χ4n) is 4.71. The van der Waals surface area contributed by atoms with Crippen molar-refractivity contribution < 1.29 is 32.6 Å². The number of nitrogens with zero attached hydrogens (tertiary/aromatic N) is 1. The van der Waals surface area contributed by atoms with Gasteiger partial charge in [-0.25, -0.2) is 4.98 Å². The Labute approximate surface area is 189 Å². The van der Waals surface area contributed by atoms with Crippen LogP contribution in [0.2, 0.25) is 0 Å². The highest BCUT2D eigenvalue weighted by atomic mass is 32.1. The normalized spacial score (nSPS) is 23.7. The number of carboxylic acid groups (broad SMARTS) is 1. The summed E-state index contributed by atoms with van der Waals surface area (Å²) in [4.78, 5) is 29.0. The number of fused-ring (bicyclic) bond motifs is 3. The monoisotopic (exact) mass is 474 g/mol. The molecule has 0 spiro atoms. The zero-order chi connectivity index (χ0) is 23.3. The van der Waals surface area contributed by atoms with E-state index in [9.17, 15) is 27.9 Å². The van der Waals surface area contributed by atoms with Gasteiger partial charge < -0.3 is 15.2 Å². The average molecular weight is 474 g/mol. The molecule has 10 heteroatoms. The van der Waals surface area contributed by atoms with Crippen LogP contribution in [0, 0.1) is 23.7 Å². The van der Waals surface area contributed by atoms with Crippen molar-refractivity contribution in [3.63, 3.8) is 0 Å². The van der Waals surface area contributed by atoms with Gasteiger partial charge in [-0.1, -0.05) is 41.7 Å². The van der Waals surface area contributed by atoms with Crippen LogP contribution in [0.15, 0.2) is 54.6 Å². The van der Waals surface area contributed by atoms with Crippen LogP contribution in [0.3, 0.4) is 0 Å². The van der Waals surface area contributed by atoms with E-state index in [4.69, 9.17) is 0 Å². The number of rotatable bonds is 5. The number of anilines is 1. The van der Waals surface area contributed by atoms with Crippen molar-refractivity contribution in [3.8, 4) is 16.9 Å². The Balaban J connectivity index is 1.34. The Kier molecular flexibility index (Phi) is 5.12. The van der Waals surface area contributed by atoms with Gasteiger partial charge in [0.15, 0.2) is 5.13 Å². The van der Waals surface area contributed by atoms with Crippen molar-refractivity contribution >= 4 is 38.6 Å². The number of nitrogens with one attached hydrogen (secondary N) is 1. The quantitative estimate of drug-likeness (QED) is 0.489. The van der Waals surface area contributed by atoms with Crippen LogP contribution in [0.1, 0.15) is 6.42 Å². The Morgan fingerprint density at radius 2 is 1.70 bits per heavy atom. The summed E-state index contributed by atoms with van der Waals surface area (Å²) in [5.74, 6) is -3.17. The summed E-state index contributed by atoms with van der Waals surface area (Å²) >= 11 is 1.25. The van der Waals surface area contributed by atoms with E-state index in [1.807, 2.05) is 18.2 Å². The zero-order valence-corrected chi connectivity index (χ0v) is 17.7. The Bertz CT molecular complexity index is 1270. The highest BCUT2D eigenvalue weighted by Crippen LogP contribution is 2.48. The summed E-state index contributed by atoms with van der Waals surface area (Å²) in [6, 6.07) is 10.9. The molecule has 1 amide bonds. The van der Waals surface area contributed by atoms with Crippen molar-refractivity contribution in [2.75, 3.05) is 5.32 Å². The van der Waals surface area contributed by atoms with Gasteiger partial charge in [0.1, 0.15) is 5.75 Å². The van der Waals surface area contributed by atoms with Gasteiger partial charge in [-0.3, -0.25) is 9.59 Å². The molecule has 3 aromatic rings. The molecule has 1 heterocycles. The number of alkyl halides is 3. The van der Waals surface area contributed by atoms with E-state index in [1.54, 1.807) is 12.1 Å². The molecule has 1 fully saturated rings. The minimum atomic E-state index is -4.75. The summed E-state index contributed by atoms with van der Waals surface area (Å²) in [6.07, 6.45) is -0.272. The molecule has 2 bridgehead atoms. The minimum Gasteiger partial charge on any atom is -0.481 e. The maximum Gasteiger partial charge on any atom is 0.573 e. The van der Waals surface area contributed by atoms with Crippen LogP contribution in [-0.4, -0.2) is 28.3 Å². The smallest absolute Gasteiger partial charge is 0.481 e. The van der Waals surface area contributed by atoms with E-state index in [0.29, 0.717) is 22.6 Å². The summed E-state index contributed by atoms with van der Waals surface area (Å²) in [5, 5.41) is 12.7. The summed E-state index contributed by atoms with van der Waals surface area (Å²) < 4.78 is 41.7. The summed E-state index contributed by atoms with van der Waals surface area (Å²) in [6.45, 7) is 0. The third kappa shape index (κ3) is 4.18.